The van der Waals surface area contributed by atoms with Crippen LogP contribution in [-0.4, -0.2) is 55.3 Å². The molecule has 1 fully saturated rings. The van der Waals surface area contributed by atoms with Crippen LogP contribution >= 0.6 is 0 Å². The Labute approximate surface area is 126 Å². The fraction of sp³-hybridized carbons (Fsp3) is 0.625. The van der Waals surface area contributed by atoms with Crippen molar-refractivity contribution >= 4 is 5.91 Å². The highest BCUT2D eigenvalue weighted by Crippen LogP contribution is 2.12. The van der Waals surface area contributed by atoms with Crippen molar-refractivity contribution in [2.45, 2.75) is 31.8 Å². The standard InChI is InChI=1S/C16H24N2O3/c1-18(10-7-14-5-8-17-9-6-14)16(19)13-20-12-15-4-2-3-11-21-15/h5-6,8-9,15H,2-4,7,10-13H2,1H3/t15-/m1/s1. The number of ether oxygens (including phenoxy) is 2. The van der Waals surface area contributed by atoms with Crippen LogP contribution in [0.5, 0.6) is 0 Å². The molecule has 0 aromatic carbocycles. The van der Waals surface area contributed by atoms with E-state index in [1.807, 2.05) is 19.2 Å². The van der Waals surface area contributed by atoms with Gasteiger partial charge in [0.05, 0.1) is 12.7 Å². The van der Waals surface area contributed by atoms with Crippen molar-refractivity contribution in [1.29, 1.82) is 0 Å². The molecule has 1 atom stereocenters. The molecule has 1 aliphatic heterocycles. The van der Waals surface area contributed by atoms with Gasteiger partial charge in [-0.15, -0.1) is 0 Å². The van der Waals surface area contributed by atoms with E-state index in [1.54, 1.807) is 17.3 Å². The van der Waals surface area contributed by atoms with Gasteiger partial charge in [0.15, 0.2) is 0 Å². The maximum atomic E-state index is 12.0. The molecule has 0 N–H and O–H groups in total. The Morgan fingerprint density at radius 2 is 2.24 bits per heavy atom. The van der Waals surface area contributed by atoms with Crippen LogP contribution in [0.3, 0.4) is 0 Å². The van der Waals surface area contributed by atoms with Crippen LogP contribution in [-0.2, 0) is 20.7 Å². The zero-order valence-electron chi connectivity index (χ0n) is 12.7. The fourth-order valence-electron chi connectivity index (χ4n) is 2.30. The molecule has 116 valence electrons. The number of carbonyl (C=O) groups excluding carboxylic acids is 1. The summed E-state index contributed by atoms with van der Waals surface area (Å²) in [6.07, 6.45) is 7.88. The maximum absolute atomic E-state index is 12.0. The summed E-state index contributed by atoms with van der Waals surface area (Å²) in [6.45, 7) is 2.15. The minimum Gasteiger partial charge on any atom is -0.376 e. The molecule has 0 bridgehead atoms. The van der Waals surface area contributed by atoms with Crippen molar-refractivity contribution in [3.63, 3.8) is 0 Å². The molecule has 1 saturated heterocycles. The van der Waals surface area contributed by atoms with Crippen LogP contribution in [0.1, 0.15) is 24.8 Å². The Kier molecular flexibility index (Phi) is 6.63. The molecule has 0 aliphatic carbocycles. The molecule has 1 aromatic rings. The lowest BCUT2D eigenvalue weighted by atomic mass is 10.1. The normalized spacial score (nSPS) is 18.4. The molecule has 0 saturated carbocycles. The SMILES string of the molecule is CN(CCc1ccncc1)C(=O)COC[C@H]1CCCCO1. The number of nitrogens with zero attached hydrogens (tertiary/aromatic N) is 2. The quantitative estimate of drug-likeness (QED) is 0.767. The Balaban J connectivity index is 1.60. The fourth-order valence-corrected chi connectivity index (χ4v) is 2.30. The number of hydrogen-bond acceptors (Lipinski definition) is 4. The van der Waals surface area contributed by atoms with Crippen molar-refractivity contribution < 1.29 is 14.3 Å². The van der Waals surface area contributed by atoms with Crippen LogP contribution in [0.2, 0.25) is 0 Å². The predicted molar refractivity (Wildman–Crippen MR) is 80.0 cm³/mol. The van der Waals surface area contributed by atoms with E-state index in [4.69, 9.17) is 9.47 Å². The van der Waals surface area contributed by atoms with E-state index in [-0.39, 0.29) is 18.6 Å². The van der Waals surface area contributed by atoms with Gasteiger partial charge in [-0.1, -0.05) is 0 Å². The third-order valence-corrected chi connectivity index (χ3v) is 3.71. The highest BCUT2D eigenvalue weighted by atomic mass is 16.5. The summed E-state index contributed by atoms with van der Waals surface area (Å²) in [5, 5.41) is 0. The lowest BCUT2D eigenvalue weighted by molar-refractivity contribution is -0.136. The minimum absolute atomic E-state index is 0.0138. The third kappa shape index (κ3) is 5.81. The van der Waals surface area contributed by atoms with Gasteiger partial charge in [0.25, 0.3) is 0 Å². The third-order valence-electron chi connectivity index (χ3n) is 3.71. The molecule has 1 amide bonds. The van der Waals surface area contributed by atoms with Crippen LogP contribution in [0.25, 0.3) is 0 Å². The summed E-state index contributed by atoms with van der Waals surface area (Å²) in [7, 11) is 1.81. The molecule has 5 heteroatoms. The summed E-state index contributed by atoms with van der Waals surface area (Å²) < 4.78 is 11.1. The van der Waals surface area contributed by atoms with Crippen LogP contribution < -0.4 is 0 Å². The van der Waals surface area contributed by atoms with Gasteiger partial charge in [0, 0.05) is 32.6 Å². The molecular weight excluding hydrogens is 268 g/mol. The largest absolute Gasteiger partial charge is 0.376 e. The van der Waals surface area contributed by atoms with E-state index in [0.29, 0.717) is 13.2 Å². The second kappa shape index (κ2) is 8.74. The lowest BCUT2D eigenvalue weighted by Gasteiger charge is -2.23. The number of hydrogen-bond donors (Lipinski definition) is 0. The molecule has 0 unspecified atom stereocenters. The van der Waals surface area contributed by atoms with E-state index < -0.39 is 0 Å². The first-order chi connectivity index (χ1) is 10.3. The van der Waals surface area contributed by atoms with E-state index in [1.165, 1.54) is 12.0 Å². The Morgan fingerprint density at radius 1 is 1.43 bits per heavy atom. The number of carbonyl (C=O) groups is 1. The highest BCUT2D eigenvalue weighted by Gasteiger charge is 2.15. The summed E-state index contributed by atoms with van der Waals surface area (Å²) in [6, 6.07) is 3.93. The van der Waals surface area contributed by atoms with Gasteiger partial charge in [-0.25, -0.2) is 0 Å². The van der Waals surface area contributed by atoms with Crippen LogP contribution in [0.4, 0.5) is 0 Å². The van der Waals surface area contributed by atoms with Gasteiger partial charge in [-0.2, -0.15) is 0 Å². The summed E-state index contributed by atoms with van der Waals surface area (Å²) in [5.74, 6) is 0.0138. The van der Waals surface area contributed by atoms with Gasteiger partial charge in [0.1, 0.15) is 6.61 Å². The first kappa shape index (κ1) is 15.9. The smallest absolute Gasteiger partial charge is 0.248 e. The van der Waals surface area contributed by atoms with E-state index >= 15 is 0 Å². The minimum atomic E-state index is 0.0138. The van der Waals surface area contributed by atoms with E-state index in [0.717, 1.165) is 25.9 Å². The zero-order valence-corrected chi connectivity index (χ0v) is 12.7. The Hall–Kier alpha value is -1.46. The second-order valence-electron chi connectivity index (χ2n) is 5.42. The number of pyridine rings is 1. The molecule has 1 aliphatic rings. The Bertz CT molecular complexity index is 419. The molecule has 21 heavy (non-hydrogen) atoms. The van der Waals surface area contributed by atoms with Gasteiger partial charge in [-0.05, 0) is 43.4 Å². The Morgan fingerprint density at radius 3 is 2.95 bits per heavy atom. The van der Waals surface area contributed by atoms with Crippen molar-refractivity contribution in [2.24, 2.45) is 0 Å². The van der Waals surface area contributed by atoms with E-state index in [2.05, 4.69) is 4.98 Å². The molecule has 0 spiro atoms. The average molecular weight is 292 g/mol. The summed E-state index contributed by atoms with van der Waals surface area (Å²) in [4.78, 5) is 17.6. The predicted octanol–water partition coefficient (Wildman–Crippen LogP) is 1.67. The summed E-state index contributed by atoms with van der Waals surface area (Å²) in [5.41, 5.74) is 1.18. The molecule has 2 rings (SSSR count). The van der Waals surface area contributed by atoms with Crippen molar-refractivity contribution in [3.8, 4) is 0 Å². The monoisotopic (exact) mass is 292 g/mol. The van der Waals surface area contributed by atoms with Crippen molar-refractivity contribution in [2.75, 3.05) is 33.4 Å². The average Bonchev–Trinajstić information content (AvgIpc) is 2.54. The molecule has 2 heterocycles. The van der Waals surface area contributed by atoms with Crippen LogP contribution in [0.15, 0.2) is 24.5 Å². The maximum Gasteiger partial charge on any atom is 0.248 e. The first-order valence-electron chi connectivity index (χ1n) is 7.58. The number of rotatable bonds is 7. The van der Waals surface area contributed by atoms with Crippen molar-refractivity contribution in [1.82, 2.24) is 9.88 Å². The molecular formula is C16H24N2O3. The highest BCUT2D eigenvalue weighted by molar-refractivity contribution is 5.77. The number of likely N-dealkylation sites (N-methyl/N-ethyl adjacent to an activating group) is 1. The van der Waals surface area contributed by atoms with Crippen molar-refractivity contribution in [3.05, 3.63) is 30.1 Å². The number of aromatic nitrogens is 1. The molecule has 1 aromatic heterocycles. The van der Waals surface area contributed by atoms with Crippen LogP contribution in [0, 0.1) is 0 Å². The van der Waals surface area contributed by atoms with Gasteiger partial charge in [0.2, 0.25) is 5.91 Å². The topological polar surface area (TPSA) is 51.7 Å². The van der Waals surface area contributed by atoms with Gasteiger partial charge in [-0.3, -0.25) is 9.78 Å². The lowest BCUT2D eigenvalue weighted by Crippen LogP contribution is -2.33. The molecule has 5 nitrogen and oxygen atoms in total. The number of amides is 1. The van der Waals surface area contributed by atoms with Gasteiger partial charge < -0.3 is 14.4 Å². The second-order valence-corrected chi connectivity index (χ2v) is 5.42. The first-order valence-corrected chi connectivity index (χ1v) is 7.58. The molecule has 0 radical (unpaired) electrons. The van der Waals surface area contributed by atoms with E-state index in [9.17, 15) is 4.79 Å². The summed E-state index contributed by atoms with van der Waals surface area (Å²) >= 11 is 0. The van der Waals surface area contributed by atoms with Gasteiger partial charge >= 0.3 is 0 Å². The zero-order chi connectivity index (χ0) is 14.9.